The molecule has 11 rings (SSSR count). The average Bonchev–Trinajstić information content (AvgIpc) is 3.94. The molecule has 0 N–H and O–H groups in total. The molecule has 11 aromatic rings. The number of rotatable bonds is 5. The monoisotopic (exact) mass is 711 g/mol. The summed E-state index contributed by atoms with van der Waals surface area (Å²) in [5.74, 6) is 0. The van der Waals surface area contributed by atoms with Crippen molar-refractivity contribution in [2.75, 3.05) is 0 Å². The highest BCUT2D eigenvalue weighted by molar-refractivity contribution is 7.22. The molecule has 0 atom stereocenters. The van der Waals surface area contributed by atoms with Crippen molar-refractivity contribution >= 4 is 75.7 Å². The van der Waals surface area contributed by atoms with Crippen molar-refractivity contribution in [3.63, 3.8) is 0 Å². The Morgan fingerprint density at radius 3 is 1.57 bits per heavy atom. The van der Waals surface area contributed by atoms with Crippen LogP contribution in [0.25, 0.3) is 102 Å². The van der Waals surface area contributed by atoms with E-state index < -0.39 is 0 Å². The first-order valence-electron chi connectivity index (χ1n) is 17.7. The van der Waals surface area contributed by atoms with Gasteiger partial charge in [0.15, 0.2) is 0 Å². The molecule has 0 aliphatic carbocycles. The molecule has 3 aromatic heterocycles. The molecule has 0 aliphatic rings. The Morgan fingerprint density at radius 2 is 0.868 bits per heavy atom. The van der Waals surface area contributed by atoms with Crippen LogP contribution >= 0.6 is 22.7 Å². The van der Waals surface area contributed by atoms with E-state index in [4.69, 9.17) is 9.97 Å². The van der Waals surface area contributed by atoms with Gasteiger partial charge >= 0.3 is 0 Å². The molecule has 3 nitrogen and oxygen atoms in total. The third kappa shape index (κ3) is 5.01. The lowest BCUT2D eigenvalue weighted by atomic mass is 9.94. The molecule has 5 heteroatoms. The largest absolute Gasteiger partial charge is 0.309 e. The van der Waals surface area contributed by atoms with Crippen molar-refractivity contribution in [2.24, 2.45) is 0 Å². The van der Waals surface area contributed by atoms with Crippen LogP contribution in [-0.4, -0.2) is 14.5 Å². The predicted octanol–water partition coefficient (Wildman–Crippen LogP) is 13.8. The summed E-state index contributed by atoms with van der Waals surface area (Å²) in [4.78, 5) is 9.90. The highest BCUT2D eigenvalue weighted by atomic mass is 32.1. The molecule has 8 aromatic carbocycles. The Bertz CT molecular complexity index is 3100. The summed E-state index contributed by atoms with van der Waals surface area (Å²) in [5.41, 5.74) is 12.7. The number of fused-ring (bicyclic) bond motifs is 6. The van der Waals surface area contributed by atoms with Crippen molar-refractivity contribution in [1.29, 1.82) is 0 Å². The fourth-order valence-corrected chi connectivity index (χ4v) is 9.73. The van der Waals surface area contributed by atoms with Crippen LogP contribution in [-0.2, 0) is 0 Å². The molecule has 0 amide bonds. The van der Waals surface area contributed by atoms with Crippen LogP contribution < -0.4 is 0 Å². The van der Waals surface area contributed by atoms with E-state index in [0.717, 1.165) is 32.3 Å². The fraction of sp³-hybridized carbons (Fsp3) is 0. The Labute approximate surface area is 313 Å². The van der Waals surface area contributed by atoms with Crippen LogP contribution in [0.2, 0.25) is 0 Å². The van der Waals surface area contributed by atoms with E-state index in [0.29, 0.717) is 0 Å². The van der Waals surface area contributed by atoms with E-state index in [1.165, 1.54) is 69.8 Å². The van der Waals surface area contributed by atoms with Gasteiger partial charge < -0.3 is 4.57 Å². The highest BCUT2D eigenvalue weighted by Gasteiger charge is 2.17. The van der Waals surface area contributed by atoms with Crippen molar-refractivity contribution in [1.82, 2.24) is 14.5 Å². The van der Waals surface area contributed by atoms with Crippen molar-refractivity contribution in [3.8, 4) is 49.1 Å². The van der Waals surface area contributed by atoms with Gasteiger partial charge in [-0.2, -0.15) is 0 Å². The molecule has 0 radical (unpaired) electrons. The van der Waals surface area contributed by atoms with Gasteiger partial charge in [-0.05, 0) is 93.7 Å². The summed E-state index contributed by atoms with van der Waals surface area (Å²) < 4.78 is 4.81. The van der Waals surface area contributed by atoms with Gasteiger partial charge in [0, 0.05) is 27.6 Å². The second-order valence-electron chi connectivity index (χ2n) is 13.4. The highest BCUT2D eigenvalue weighted by Crippen LogP contribution is 2.42. The minimum absolute atomic E-state index is 1.05. The Kier molecular flexibility index (Phi) is 6.90. The van der Waals surface area contributed by atoms with Gasteiger partial charge in [0.1, 0.15) is 10.0 Å². The van der Waals surface area contributed by atoms with E-state index in [-0.39, 0.29) is 0 Å². The zero-order valence-corrected chi connectivity index (χ0v) is 30.0. The number of aromatic nitrogens is 3. The first-order chi connectivity index (χ1) is 26.2. The van der Waals surface area contributed by atoms with Crippen molar-refractivity contribution in [3.05, 3.63) is 176 Å². The molecule has 0 aliphatic heterocycles. The van der Waals surface area contributed by atoms with E-state index in [1.807, 2.05) is 6.07 Å². The van der Waals surface area contributed by atoms with Gasteiger partial charge in [0.2, 0.25) is 0 Å². The summed E-state index contributed by atoms with van der Waals surface area (Å²) in [6.45, 7) is 0. The summed E-state index contributed by atoms with van der Waals surface area (Å²) in [7, 11) is 0. The first-order valence-corrected chi connectivity index (χ1v) is 19.4. The Hall–Kier alpha value is -6.40. The molecular formula is C48H29N3S2. The number of hydrogen-bond donors (Lipinski definition) is 0. The number of thiazole rings is 2. The van der Waals surface area contributed by atoms with Gasteiger partial charge in [-0.25, -0.2) is 9.97 Å². The van der Waals surface area contributed by atoms with Crippen LogP contribution in [0.1, 0.15) is 0 Å². The predicted molar refractivity (Wildman–Crippen MR) is 226 cm³/mol. The maximum atomic E-state index is 5.02. The van der Waals surface area contributed by atoms with Crippen molar-refractivity contribution in [2.45, 2.75) is 0 Å². The van der Waals surface area contributed by atoms with Crippen LogP contribution in [0, 0.1) is 0 Å². The van der Waals surface area contributed by atoms with Gasteiger partial charge in [-0.3, -0.25) is 0 Å². The summed E-state index contributed by atoms with van der Waals surface area (Å²) in [6, 6.07) is 63.4. The fourth-order valence-electron chi connectivity index (χ4n) is 7.75. The molecule has 0 unspecified atom stereocenters. The topological polar surface area (TPSA) is 30.7 Å². The summed E-state index contributed by atoms with van der Waals surface area (Å²) in [5, 5.41) is 7.00. The molecule has 0 saturated carbocycles. The summed E-state index contributed by atoms with van der Waals surface area (Å²) >= 11 is 3.49. The number of hydrogen-bond acceptors (Lipinski definition) is 4. The van der Waals surface area contributed by atoms with Crippen LogP contribution in [0.15, 0.2) is 176 Å². The molecule has 53 heavy (non-hydrogen) atoms. The summed E-state index contributed by atoms with van der Waals surface area (Å²) in [6.07, 6.45) is 0. The molecule has 248 valence electrons. The second-order valence-corrected chi connectivity index (χ2v) is 15.5. The molecule has 3 heterocycles. The lowest BCUT2D eigenvalue weighted by Gasteiger charge is -2.11. The first kappa shape index (κ1) is 30.2. The third-order valence-electron chi connectivity index (χ3n) is 10.3. The normalized spacial score (nSPS) is 11.8. The van der Waals surface area contributed by atoms with Gasteiger partial charge in [-0.15, -0.1) is 22.7 Å². The van der Waals surface area contributed by atoms with Crippen LogP contribution in [0.4, 0.5) is 0 Å². The molecule has 0 saturated heterocycles. The van der Waals surface area contributed by atoms with E-state index in [2.05, 4.69) is 174 Å². The minimum atomic E-state index is 1.05. The van der Waals surface area contributed by atoms with Gasteiger partial charge in [0.25, 0.3) is 0 Å². The van der Waals surface area contributed by atoms with Gasteiger partial charge in [-0.1, -0.05) is 115 Å². The molecular weight excluding hydrogens is 683 g/mol. The molecule has 0 bridgehead atoms. The lowest BCUT2D eigenvalue weighted by molar-refractivity contribution is 1.18. The number of nitrogens with zero attached hydrogens (tertiary/aromatic N) is 3. The number of para-hydroxylation sites is 3. The van der Waals surface area contributed by atoms with Crippen LogP contribution in [0.5, 0.6) is 0 Å². The minimum Gasteiger partial charge on any atom is -0.309 e. The maximum Gasteiger partial charge on any atom is 0.125 e. The SMILES string of the molecule is c1ccc(-n2c3ccc(-c4ccc(-c5nc6ccccc6s5)cc4)cc3c3cc(-c4ccc(-c5nc6ccccc6s5)c5ccccc45)ccc32)cc1. The van der Waals surface area contributed by atoms with E-state index >= 15 is 0 Å². The quantitative estimate of drug-likeness (QED) is 0.178. The van der Waals surface area contributed by atoms with E-state index in [9.17, 15) is 0 Å². The average molecular weight is 712 g/mol. The Balaban J connectivity index is 1.06. The smallest absolute Gasteiger partial charge is 0.125 e. The maximum absolute atomic E-state index is 5.02. The zero-order valence-electron chi connectivity index (χ0n) is 28.4. The second kappa shape index (κ2) is 12.1. The lowest BCUT2D eigenvalue weighted by Crippen LogP contribution is -1.93. The number of benzene rings is 8. The van der Waals surface area contributed by atoms with Crippen molar-refractivity contribution < 1.29 is 0 Å². The van der Waals surface area contributed by atoms with Crippen LogP contribution in [0.3, 0.4) is 0 Å². The zero-order chi connectivity index (χ0) is 34.9. The Morgan fingerprint density at radius 1 is 0.358 bits per heavy atom. The van der Waals surface area contributed by atoms with E-state index in [1.54, 1.807) is 22.7 Å². The van der Waals surface area contributed by atoms with Gasteiger partial charge in [0.05, 0.1) is 31.5 Å². The standard InChI is InChI=1S/C48H29N3S2/c1-2-10-34(11-3-1)51-43-26-22-32(30-18-20-31(21-19-30)47-49-41-14-6-8-16-45(41)52-47)28-39(43)40-29-33(23-27-44(40)51)35-24-25-38(37-13-5-4-12-36(35)37)48-50-42-15-7-9-17-46(42)53-48/h1-29H. The molecule has 0 fully saturated rings. The molecule has 0 spiro atoms. The third-order valence-corrected chi connectivity index (χ3v) is 12.5.